The molecule has 0 aromatic heterocycles. The topological polar surface area (TPSA) is 88.1 Å². The fourth-order valence-corrected chi connectivity index (χ4v) is 3.79. The number of rotatable bonds is 15. The normalized spacial score (nSPS) is 11.5. The first-order chi connectivity index (χ1) is 19.4. The molecule has 0 saturated carbocycles. The summed E-state index contributed by atoms with van der Waals surface area (Å²) >= 11 is 0. The predicted octanol–water partition coefficient (Wildman–Crippen LogP) is 7.42. The standard InChI is InChI=1S/C33H38O7/c1-4-6-8-9-23-37-24(3)31(34)39-29-20-16-28(17-21-29)33(36)40-30-18-14-26(15-19-30)25-10-12-27(13-11-25)32(35)38-22-7-5-2/h10-21,24H,4-9,22-23H2,1-3H3/t24-/m0/s1. The van der Waals surface area contributed by atoms with Crippen molar-refractivity contribution in [1.29, 1.82) is 0 Å². The van der Waals surface area contributed by atoms with Gasteiger partial charge in [-0.3, -0.25) is 0 Å². The molecule has 3 aromatic carbocycles. The summed E-state index contributed by atoms with van der Waals surface area (Å²) in [5.74, 6) is -0.615. The third-order valence-corrected chi connectivity index (χ3v) is 6.26. The summed E-state index contributed by atoms with van der Waals surface area (Å²) in [5.41, 5.74) is 2.66. The maximum atomic E-state index is 12.6. The zero-order valence-corrected chi connectivity index (χ0v) is 23.5. The minimum Gasteiger partial charge on any atom is -0.462 e. The van der Waals surface area contributed by atoms with E-state index in [1.165, 1.54) is 0 Å². The summed E-state index contributed by atoms with van der Waals surface area (Å²) < 4.78 is 21.7. The molecule has 7 nitrogen and oxygen atoms in total. The van der Waals surface area contributed by atoms with Gasteiger partial charge in [0.25, 0.3) is 0 Å². The monoisotopic (exact) mass is 546 g/mol. The largest absolute Gasteiger partial charge is 0.462 e. The van der Waals surface area contributed by atoms with Crippen LogP contribution >= 0.6 is 0 Å². The van der Waals surface area contributed by atoms with Crippen LogP contribution in [0.15, 0.2) is 72.8 Å². The highest BCUT2D eigenvalue weighted by Crippen LogP contribution is 2.24. The summed E-state index contributed by atoms with van der Waals surface area (Å²) in [7, 11) is 0. The van der Waals surface area contributed by atoms with Crippen molar-refractivity contribution in [2.24, 2.45) is 0 Å². The average Bonchev–Trinajstić information content (AvgIpc) is 2.98. The molecule has 0 aliphatic rings. The lowest BCUT2D eigenvalue weighted by Crippen LogP contribution is -2.26. The van der Waals surface area contributed by atoms with Gasteiger partial charge in [-0.1, -0.05) is 63.8 Å². The molecule has 40 heavy (non-hydrogen) atoms. The van der Waals surface area contributed by atoms with Crippen LogP contribution in [-0.2, 0) is 14.3 Å². The SMILES string of the molecule is CCCCCCO[C@@H](C)C(=O)Oc1ccc(C(=O)Oc2ccc(-c3ccc(C(=O)OCCCC)cc3)cc2)cc1. The first-order valence-electron chi connectivity index (χ1n) is 13.9. The maximum Gasteiger partial charge on any atom is 0.343 e. The number of hydrogen-bond acceptors (Lipinski definition) is 7. The molecule has 0 bridgehead atoms. The Morgan fingerprint density at radius 2 is 1.12 bits per heavy atom. The van der Waals surface area contributed by atoms with Crippen molar-refractivity contribution < 1.29 is 33.3 Å². The van der Waals surface area contributed by atoms with Crippen LogP contribution in [0.5, 0.6) is 11.5 Å². The van der Waals surface area contributed by atoms with Crippen LogP contribution in [0.3, 0.4) is 0 Å². The van der Waals surface area contributed by atoms with Gasteiger partial charge in [-0.05, 0) is 79.4 Å². The Labute approximate surface area is 236 Å². The van der Waals surface area contributed by atoms with Crippen molar-refractivity contribution in [3.63, 3.8) is 0 Å². The van der Waals surface area contributed by atoms with E-state index in [-0.39, 0.29) is 5.97 Å². The first-order valence-corrected chi connectivity index (χ1v) is 13.9. The third-order valence-electron chi connectivity index (χ3n) is 6.26. The molecule has 0 fully saturated rings. The van der Waals surface area contributed by atoms with Gasteiger partial charge in [-0.2, -0.15) is 0 Å². The van der Waals surface area contributed by atoms with Gasteiger partial charge in [-0.15, -0.1) is 0 Å². The minimum absolute atomic E-state index is 0.325. The Bertz CT molecular complexity index is 1220. The molecule has 0 unspecified atom stereocenters. The lowest BCUT2D eigenvalue weighted by Gasteiger charge is -2.12. The second kappa shape index (κ2) is 16.2. The minimum atomic E-state index is -0.667. The van der Waals surface area contributed by atoms with Crippen LogP contribution in [0.25, 0.3) is 11.1 Å². The molecular weight excluding hydrogens is 508 g/mol. The van der Waals surface area contributed by atoms with E-state index in [9.17, 15) is 14.4 Å². The molecule has 7 heteroatoms. The van der Waals surface area contributed by atoms with E-state index in [0.717, 1.165) is 49.7 Å². The van der Waals surface area contributed by atoms with Crippen LogP contribution in [0.2, 0.25) is 0 Å². The summed E-state index contributed by atoms with van der Waals surface area (Å²) in [6, 6.07) is 20.5. The average molecular weight is 547 g/mol. The lowest BCUT2D eigenvalue weighted by molar-refractivity contribution is -0.146. The van der Waals surface area contributed by atoms with Crippen molar-refractivity contribution in [1.82, 2.24) is 0 Å². The molecular formula is C33H38O7. The molecule has 1 atom stereocenters. The molecule has 0 aliphatic heterocycles. The fraction of sp³-hybridized carbons (Fsp3) is 0.364. The Morgan fingerprint density at radius 1 is 0.600 bits per heavy atom. The van der Waals surface area contributed by atoms with Crippen molar-refractivity contribution >= 4 is 17.9 Å². The Balaban J connectivity index is 1.49. The van der Waals surface area contributed by atoms with Crippen LogP contribution in [-0.4, -0.2) is 37.2 Å². The van der Waals surface area contributed by atoms with Gasteiger partial charge < -0.3 is 18.9 Å². The molecule has 0 saturated heterocycles. The third kappa shape index (κ3) is 9.65. The van der Waals surface area contributed by atoms with Gasteiger partial charge in [-0.25, -0.2) is 14.4 Å². The zero-order chi connectivity index (χ0) is 28.7. The quantitative estimate of drug-likeness (QED) is 0.111. The van der Waals surface area contributed by atoms with Gasteiger partial charge in [0.2, 0.25) is 0 Å². The molecule has 212 valence electrons. The van der Waals surface area contributed by atoms with Crippen LogP contribution < -0.4 is 9.47 Å². The Hall–Kier alpha value is -3.97. The highest BCUT2D eigenvalue weighted by atomic mass is 16.6. The van der Waals surface area contributed by atoms with Gasteiger partial charge >= 0.3 is 17.9 Å². The van der Waals surface area contributed by atoms with Crippen LogP contribution in [0.1, 0.15) is 80.0 Å². The maximum absolute atomic E-state index is 12.6. The van der Waals surface area contributed by atoms with E-state index < -0.39 is 18.0 Å². The van der Waals surface area contributed by atoms with Gasteiger partial charge in [0, 0.05) is 6.61 Å². The number of esters is 3. The first kappa shape index (κ1) is 30.6. The van der Waals surface area contributed by atoms with E-state index in [1.54, 1.807) is 55.5 Å². The van der Waals surface area contributed by atoms with Gasteiger partial charge in [0.05, 0.1) is 17.7 Å². The summed E-state index contributed by atoms with van der Waals surface area (Å²) in [6.07, 6.45) is 5.42. The summed E-state index contributed by atoms with van der Waals surface area (Å²) in [4.78, 5) is 37.0. The molecule has 0 heterocycles. The second-order valence-corrected chi connectivity index (χ2v) is 9.50. The number of benzene rings is 3. The number of unbranched alkanes of at least 4 members (excludes halogenated alkanes) is 4. The lowest BCUT2D eigenvalue weighted by atomic mass is 10.0. The van der Waals surface area contributed by atoms with Gasteiger partial charge in [0.1, 0.15) is 11.5 Å². The van der Waals surface area contributed by atoms with Crippen molar-refractivity contribution in [2.75, 3.05) is 13.2 Å². The Morgan fingerprint density at radius 3 is 1.75 bits per heavy atom. The second-order valence-electron chi connectivity index (χ2n) is 9.50. The van der Waals surface area contributed by atoms with Crippen LogP contribution in [0, 0.1) is 0 Å². The summed E-state index contributed by atoms with van der Waals surface area (Å²) in [6.45, 7) is 6.79. The van der Waals surface area contributed by atoms with Crippen molar-refractivity contribution in [3.05, 3.63) is 83.9 Å². The fourth-order valence-electron chi connectivity index (χ4n) is 3.79. The van der Waals surface area contributed by atoms with E-state index in [1.807, 2.05) is 31.2 Å². The molecule has 0 N–H and O–H groups in total. The predicted molar refractivity (Wildman–Crippen MR) is 154 cm³/mol. The highest BCUT2D eigenvalue weighted by Gasteiger charge is 2.17. The van der Waals surface area contributed by atoms with E-state index in [4.69, 9.17) is 18.9 Å². The molecule has 0 amide bonds. The Kier molecular flexibility index (Phi) is 12.4. The number of ether oxygens (including phenoxy) is 4. The van der Waals surface area contributed by atoms with E-state index >= 15 is 0 Å². The smallest absolute Gasteiger partial charge is 0.343 e. The molecule has 3 rings (SSSR count). The van der Waals surface area contributed by atoms with Gasteiger partial charge in [0.15, 0.2) is 6.10 Å². The summed E-state index contributed by atoms with van der Waals surface area (Å²) in [5, 5.41) is 0. The van der Waals surface area contributed by atoms with Crippen LogP contribution in [0.4, 0.5) is 0 Å². The van der Waals surface area contributed by atoms with Crippen molar-refractivity contribution in [2.45, 2.75) is 65.4 Å². The van der Waals surface area contributed by atoms with E-state index in [2.05, 4.69) is 6.92 Å². The van der Waals surface area contributed by atoms with Crippen molar-refractivity contribution in [3.8, 4) is 22.6 Å². The number of carbonyl (C=O) groups is 3. The zero-order valence-electron chi connectivity index (χ0n) is 23.5. The molecule has 0 spiro atoms. The molecule has 0 radical (unpaired) electrons. The molecule has 0 aliphatic carbocycles. The van der Waals surface area contributed by atoms with E-state index in [0.29, 0.717) is 35.8 Å². The highest BCUT2D eigenvalue weighted by molar-refractivity contribution is 5.91. The molecule has 3 aromatic rings. The number of carbonyl (C=O) groups excluding carboxylic acids is 3. The number of hydrogen-bond donors (Lipinski definition) is 0.